The van der Waals surface area contributed by atoms with Crippen molar-refractivity contribution in [3.8, 4) is 5.88 Å². The number of likely N-dealkylation sites (N-methyl/N-ethyl adjacent to an activating group) is 1. The number of benzene rings is 3. The number of aromatic amines is 1. The molecule has 0 spiro atoms. The van der Waals surface area contributed by atoms with Gasteiger partial charge in [-0.25, -0.2) is 22.9 Å². The summed E-state index contributed by atoms with van der Waals surface area (Å²) >= 11 is 0. The first-order valence-electron chi connectivity index (χ1n) is 16.4. The van der Waals surface area contributed by atoms with Crippen molar-refractivity contribution in [2.24, 2.45) is 4.99 Å². The van der Waals surface area contributed by atoms with E-state index in [1.165, 1.54) is 6.07 Å². The third-order valence-corrected chi connectivity index (χ3v) is 10.3. The highest BCUT2D eigenvalue weighted by atomic mass is 32.2. The van der Waals surface area contributed by atoms with Gasteiger partial charge in [0, 0.05) is 67.5 Å². The van der Waals surface area contributed by atoms with Crippen LogP contribution in [0, 0.1) is 0 Å². The van der Waals surface area contributed by atoms with Gasteiger partial charge in [0.15, 0.2) is 5.88 Å². The first-order valence-corrected chi connectivity index (χ1v) is 17.9. The van der Waals surface area contributed by atoms with Crippen molar-refractivity contribution in [1.82, 2.24) is 19.5 Å². The van der Waals surface area contributed by atoms with E-state index in [-0.39, 0.29) is 16.8 Å². The molecule has 0 saturated carbocycles. The Labute approximate surface area is 282 Å². The van der Waals surface area contributed by atoms with Crippen molar-refractivity contribution in [1.29, 1.82) is 0 Å². The van der Waals surface area contributed by atoms with Crippen LogP contribution in [0.2, 0.25) is 0 Å². The van der Waals surface area contributed by atoms with Gasteiger partial charge in [-0.05, 0) is 83.1 Å². The summed E-state index contributed by atoms with van der Waals surface area (Å²) in [6.45, 7) is 10.2. The zero-order valence-corrected chi connectivity index (χ0v) is 28.8. The molecular weight excluding hydrogens is 628 g/mol. The van der Waals surface area contributed by atoms with Crippen LogP contribution < -0.4 is 9.62 Å². The number of aromatic hydroxyl groups is 1. The van der Waals surface area contributed by atoms with Crippen molar-refractivity contribution < 1.29 is 23.1 Å². The van der Waals surface area contributed by atoms with Crippen LogP contribution in [-0.2, 0) is 14.8 Å². The molecule has 11 nitrogen and oxygen atoms in total. The van der Waals surface area contributed by atoms with E-state index in [2.05, 4.69) is 38.7 Å². The Kier molecular flexibility index (Phi) is 9.50. The van der Waals surface area contributed by atoms with Crippen LogP contribution >= 0.6 is 0 Å². The molecule has 0 bridgehead atoms. The van der Waals surface area contributed by atoms with Crippen LogP contribution in [0.3, 0.4) is 0 Å². The average Bonchev–Trinajstić information content (AvgIpc) is 3.39. The summed E-state index contributed by atoms with van der Waals surface area (Å²) in [6.07, 6.45) is 0.542. The summed E-state index contributed by atoms with van der Waals surface area (Å²) in [5.41, 5.74) is 3.55. The van der Waals surface area contributed by atoms with Gasteiger partial charge < -0.3 is 29.5 Å². The molecule has 0 unspecified atom stereocenters. The average molecular weight is 673 g/mol. The zero-order chi connectivity index (χ0) is 34.1. The fourth-order valence-corrected chi connectivity index (χ4v) is 7.48. The molecule has 2 aliphatic heterocycles. The van der Waals surface area contributed by atoms with Gasteiger partial charge in [0.05, 0.1) is 21.9 Å². The molecule has 3 heterocycles. The van der Waals surface area contributed by atoms with Gasteiger partial charge in [-0.15, -0.1) is 0 Å². The van der Waals surface area contributed by atoms with Crippen LogP contribution in [0.1, 0.15) is 44.7 Å². The standard InChI is InChI=1S/C36H44N6O5S/c1-36(2,3)47-35(44)42-18-16-27(17-19-42)39-48(45,46)29-14-15-31-30(24-29)32(34(43)38-31)33(25-8-6-5-7-9-25)37-26-10-12-28(13-11-26)41-22-20-40(4)21-23-41/h5-15,24,27,38-39,43H,16-23H2,1-4H3. The maximum Gasteiger partial charge on any atom is 0.410 e. The van der Waals surface area contributed by atoms with Crippen LogP contribution in [0.25, 0.3) is 10.9 Å². The summed E-state index contributed by atoms with van der Waals surface area (Å²) in [5, 5.41) is 11.8. The van der Waals surface area contributed by atoms with Crippen molar-refractivity contribution >= 4 is 44.1 Å². The number of ether oxygens (including phenoxy) is 1. The first kappa shape index (κ1) is 33.5. The molecule has 2 aliphatic rings. The Morgan fingerprint density at radius 1 is 0.938 bits per heavy atom. The summed E-state index contributed by atoms with van der Waals surface area (Å²) < 4.78 is 35.6. The highest BCUT2D eigenvalue weighted by molar-refractivity contribution is 7.89. The van der Waals surface area contributed by atoms with Gasteiger partial charge >= 0.3 is 6.09 Å². The highest BCUT2D eigenvalue weighted by Gasteiger charge is 2.30. The molecule has 0 aliphatic carbocycles. The van der Waals surface area contributed by atoms with E-state index in [0.717, 1.165) is 37.4 Å². The quantitative estimate of drug-likeness (QED) is 0.222. The zero-order valence-electron chi connectivity index (χ0n) is 27.9. The SMILES string of the molecule is CN1CCN(c2ccc(N=C(c3ccccc3)c3c(O)[nH]c4ccc(S(=O)(=O)NC5CCN(C(=O)OC(C)(C)C)CC5)cc34)cc2)CC1. The summed E-state index contributed by atoms with van der Waals surface area (Å²) in [5.74, 6) is -0.0984. The van der Waals surface area contributed by atoms with Crippen LogP contribution in [0.5, 0.6) is 5.88 Å². The molecule has 0 atom stereocenters. The third kappa shape index (κ3) is 7.67. The third-order valence-electron chi connectivity index (χ3n) is 8.77. The fourth-order valence-electron chi connectivity index (χ4n) is 6.15. The first-order chi connectivity index (χ1) is 22.9. The minimum absolute atomic E-state index is 0.0776. The monoisotopic (exact) mass is 672 g/mol. The second kappa shape index (κ2) is 13.6. The minimum atomic E-state index is -3.92. The lowest BCUT2D eigenvalue weighted by Gasteiger charge is -2.34. The van der Waals surface area contributed by atoms with Crippen LogP contribution in [0.15, 0.2) is 82.7 Å². The molecule has 2 fully saturated rings. The number of carbonyl (C=O) groups is 1. The number of H-pyrrole nitrogens is 1. The molecule has 0 radical (unpaired) electrons. The molecule has 2 saturated heterocycles. The number of amides is 1. The topological polar surface area (TPSA) is 131 Å². The number of nitrogens with one attached hydrogen (secondary N) is 2. The Balaban J connectivity index is 1.27. The van der Waals surface area contributed by atoms with Crippen LogP contribution in [-0.4, -0.2) is 98.1 Å². The molecule has 6 rings (SSSR count). The van der Waals surface area contributed by atoms with E-state index in [1.807, 2.05) is 63.2 Å². The van der Waals surface area contributed by atoms with E-state index in [4.69, 9.17) is 9.73 Å². The van der Waals surface area contributed by atoms with Crippen LogP contribution in [0.4, 0.5) is 16.2 Å². The molecule has 254 valence electrons. The summed E-state index contributed by atoms with van der Waals surface area (Å²) in [7, 11) is -1.79. The van der Waals surface area contributed by atoms with E-state index >= 15 is 0 Å². The molecule has 48 heavy (non-hydrogen) atoms. The van der Waals surface area contributed by atoms with Gasteiger partial charge in [-0.3, -0.25) is 0 Å². The van der Waals surface area contributed by atoms with E-state index in [0.29, 0.717) is 53.8 Å². The number of piperidine rings is 1. The smallest absolute Gasteiger partial charge is 0.410 e. The lowest BCUT2D eigenvalue weighted by atomic mass is 10.0. The van der Waals surface area contributed by atoms with E-state index in [9.17, 15) is 18.3 Å². The van der Waals surface area contributed by atoms with E-state index in [1.54, 1.807) is 17.0 Å². The predicted octanol–water partition coefficient (Wildman–Crippen LogP) is 5.47. The van der Waals surface area contributed by atoms with Crippen molar-refractivity contribution in [3.05, 3.63) is 83.9 Å². The molecule has 12 heteroatoms. The maximum absolute atomic E-state index is 13.7. The predicted molar refractivity (Wildman–Crippen MR) is 189 cm³/mol. The Bertz CT molecular complexity index is 1880. The number of aliphatic imine (C=N–C) groups is 1. The number of nitrogens with zero attached hydrogens (tertiary/aromatic N) is 4. The van der Waals surface area contributed by atoms with Gasteiger partial charge in [0.2, 0.25) is 10.0 Å². The Morgan fingerprint density at radius 2 is 1.60 bits per heavy atom. The van der Waals surface area contributed by atoms with Crippen molar-refractivity contribution in [2.45, 2.75) is 50.2 Å². The number of anilines is 1. The number of carbonyl (C=O) groups excluding carboxylic acids is 1. The van der Waals surface area contributed by atoms with Gasteiger partial charge in [0.1, 0.15) is 5.60 Å². The molecule has 3 aromatic carbocycles. The largest absolute Gasteiger partial charge is 0.494 e. The molecule has 1 aromatic heterocycles. The van der Waals surface area contributed by atoms with Gasteiger partial charge in [-0.1, -0.05) is 30.3 Å². The summed E-state index contributed by atoms with van der Waals surface area (Å²) in [4.78, 5) is 26.9. The Hall–Kier alpha value is -4.39. The second-order valence-corrected chi connectivity index (χ2v) is 15.3. The number of rotatable bonds is 7. The lowest BCUT2D eigenvalue weighted by Crippen LogP contribution is -2.47. The number of fused-ring (bicyclic) bond motifs is 1. The van der Waals surface area contributed by atoms with Crippen molar-refractivity contribution in [2.75, 3.05) is 51.2 Å². The normalized spacial score (nSPS) is 17.2. The van der Waals surface area contributed by atoms with E-state index < -0.39 is 21.7 Å². The van der Waals surface area contributed by atoms with Gasteiger partial charge in [0.25, 0.3) is 0 Å². The number of likely N-dealkylation sites (tertiary alicyclic amines) is 1. The minimum Gasteiger partial charge on any atom is -0.494 e. The summed E-state index contributed by atoms with van der Waals surface area (Å²) in [6, 6.07) is 22.1. The van der Waals surface area contributed by atoms with Gasteiger partial charge in [-0.2, -0.15) is 0 Å². The number of hydrogen-bond donors (Lipinski definition) is 3. The fraction of sp³-hybridized carbons (Fsp3) is 0.389. The number of sulfonamides is 1. The molecule has 4 aromatic rings. The number of piperazine rings is 1. The lowest BCUT2D eigenvalue weighted by molar-refractivity contribution is 0.0203. The second-order valence-electron chi connectivity index (χ2n) is 13.6. The number of hydrogen-bond acceptors (Lipinski definition) is 8. The number of aromatic nitrogens is 1. The molecule has 3 N–H and O–H groups in total. The maximum atomic E-state index is 13.7. The van der Waals surface area contributed by atoms with Crippen molar-refractivity contribution in [3.63, 3.8) is 0 Å². The molecule has 1 amide bonds. The highest BCUT2D eigenvalue weighted by Crippen LogP contribution is 2.34. The Morgan fingerprint density at radius 3 is 2.25 bits per heavy atom. The molecular formula is C36H44N6O5S.